The van der Waals surface area contributed by atoms with Crippen molar-refractivity contribution >= 4 is 45.0 Å². The maximum absolute atomic E-state index is 6.04. The number of nitrogens with zero attached hydrogens (tertiary/aromatic N) is 2. The lowest BCUT2D eigenvalue weighted by Crippen LogP contribution is -2.05. The summed E-state index contributed by atoms with van der Waals surface area (Å²) in [5.74, 6) is 0. The number of hydrogen-bond acceptors (Lipinski definition) is 0. The van der Waals surface area contributed by atoms with Crippen molar-refractivity contribution in [3.8, 4) is 0 Å². The van der Waals surface area contributed by atoms with Gasteiger partial charge in [-0.1, -0.05) is 23.2 Å². The van der Waals surface area contributed by atoms with E-state index in [-0.39, 0.29) is 0 Å². The molecular weight excluding hydrogens is 303 g/mol. The molecule has 2 aromatic heterocycles. The molecule has 0 aliphatic rings. The van der Waals surface area contributed by atoms with Crippen LogP contribution in [0, 0.1) is 0 Å². The molecule has 0 aliphatic heterocycles. The van der Waals surface area contributed by atoms with E-state index in [2.05, 4.69) is 45.8 Å². The van der Waals surface area contributed by atoms with E-state index in [1.165, 1.54) is 11.0 Å². The minimum absolute atomic E-state index is 0.760. The lowest BCUT2D eigenvalue weighted by atomic mass is 10.2. The largest absolute Gasteiger partial charge is 0.329 e. The summed E-state index contributed by atoms with van der Waals surface area (Å²) in [6, 6.07) is 16.1. The second-order valence-corrected chi connectivity index (χ2v) is 5.99. The third-order valence-electron chi connectivity index (χ3n) is 3.77. The van der Waals surface area contributed by atoms with Gasteiger partial charge in [-0.05, 0) is 48.5 Å². The molecule has 0 radical (unpaired) electrons. The van der Waals surface area contributed by atoms with E-state index in [4.69, 9.17) is 23.2 Å². The van der Waals surface area contributed by atoms with Crippen LogP contribution in [0.2, 0.25) is 10.0 Å². The van der Waals surface area contributed by atoms with Gasteiger partial charge >= 0.3 is 0 Å². The maximum Gasteiger partial charge on any atom is 0.0988 e. The highest BCUT2D eigenvalue weighted by molar-refractivity contribution is 6.31. The number of hydrogen-bond donors (Lipinski definition) is 0. The van der Waals surface area contributed by atoms with Crippen LogP contribution in [0.25, 0.3) is 21.8 Å². The van der Waals surface area contributed by atoms with Crippen LogP contribution < -0.4 is 0 Å². The Balaban J connectivity index is 1.79. The molecule has 0 fully saturated rings. The van der Waals surface area contributed by atoms with Gasteiger partial charge in [0, 0.05) is 44.2 Å². The molecule has 0 amide bonds. The number of halogens is 2. The third kappa shape index (κ3) is 2.21. The van der Waals surface area contributed by atoms with Crippen LogP contribution >= 0.6 is 23.2 Å². The van der Waals surface area contributed by atoms with E-state index in [1.807, 2.05) is 24.3 Å². The Morgan fingerprint density at radius 3 is 1.62 bits per heavy atom. The highest BCUT2D eigenvalue weighted by Crippen LogP contribution is 2.23. The molecule has 104 valence electrons. The van der Waals surface area contributed by atoms with Crippen LogP contribution in [0.5, 0.6) is 0 Å². The number of benzene rings is 2. The first-order valence-corrected chi connectivity index (χ1v) is 7.45. The second kappa shape index (κ2) is 4.83. The van der Waals surface area contributed by atoms with E-state index >= 15 is 0 Å². The van der Waals surface area contributed by atoms with Crippen molar-refractivity contribution in [3.05, 3.63) is 71.0 Å². The SMILES string of the molecule is Clc1ccc2c(ccn2Cn2ccc3cc(Cl)ccc32)c1. The zero-order valence-corrected chi connectivity index (χ0v) is 12.6. The summed E-state index contributed by atoms with van der Waals surface area (Å²) in [5.41, 5.74) is 2.35. The fraction of sp³-hybridized carbons (Fsp3) is 0.0588. The Kier molecular flexibility index (Phi) is 2.95. The van der Waals surface area contributed by atoms with Gasteiger partial charge < -0.3 is 9.13 Å². The quantitative estimate of drug-likeness (QED) is 0.468. The van der Waals surface area contributed by atoms with Gasteiger partial charge in [-0.15, -0.1) is 0 Å². The van der Waals surface area contributed by atoms with Crippen molar-refractivity contribution in [2.45, 2.75) is 6.67 Å². The third-order valence-corrected chi connectivity index (χ3v) is 4.24. The van der Waals surface area contributed by atoms with E-state index in [0.717, 1.165) is 27.5 Å². The van der Waals surface area contributed by atoms with Crippen LogP contribution in [0.3, 0.4) is 0 Å². The number of fused-ring (bicyclic) bond motifs is 2. The van der Waals surface area contributed by atoms with Crippen molar-refractivity contribution < 1.29 is 0 Å². The average Bonchev–Trinajstić information content (AvgIpc) is 3.03. The molecule has 4 rings (SSSR count). The molecule has 4 aromatic rings. The highest BCUT2D eigenvalue weighted by Gasteiger charge is 2.05. The normalized spacial score (nSPS) is 11.5. The van der Waals surface area contributed by atoms with Crippen LogP contribution in [-0.2, 0) is 6.67 Å². The Morgan fingerprint density at radius 2 is 1.14 bits per heavy atom. The van der Waals surface area contributed by atoms with Crippen LogP contribution in [-0.4, -0.2) is 9.13 Å². The lowest BCUT2D eigenvalue weighted by molar-refractivity contribution is 0.647. The molecule has 21 heavy (non-hydrogen) atoms. The summed E-state index contributed by atoms with van der Waals surface area (Å²) in [6.45, 7) is 0.760. The van der Waals surface area contributed by atoms with Gasteiger partial charge in [-0.2, -0.15) is 0 Å². The van der Waals surface area contributed by atoms with Crippen molar-refractivity contribution in [2.24, 2.45) is 0 Å². The number of rotatable bonds is 2. The molecule has 0 unspecified atom stereocenters. The Labute approximate surface area is 132 Å². The van der Waals surface area contributed by atoms with Crippen LogP contribution in [0.15, 0.2) is 60.9 Å². The van der Waals surface area contributed by atoms with E-state index in [9.17, 15) is 0 Å². The molecule has 4 heteroatoms. The Hall–Kier alpha value is -1.90. The lowest BCUT2D eigenvalue weighted by Gasteiger charge is -2.09. The van der Waals surface area contributed by atoms with Gasteiger partial charge in [-0.3, -0.25) is 0 Å². The van der Waals surface area contributed by atoms with E-state index in [0.29, 0.717) is 0 Å². The Bertz CT molecular complexity index is 872. The van der Waals surface area contributed by atoms with Crippen molar-refractivity contribution in [3.63, 3.8) is 0 Å². The average molecular weight is 315 g/mol. The predicted octanol–water partition coefficient (Wildman–Crippen LogP) is 5.41. The molecule has 0 saturated carbocycles. The first-order chi connectivity index (χ1) is 10.2. The molecule has 2 heterocycles. The molecule has 2 nitrogen and oxygen atoms in total. The molecule has 0 aliphatic carbocycles. The summed E-state index contributed by atoms with van der Waals surface area (Å²) < 4.78 is 4.42. The van der Waals surface area contributed by atoms with Crippen LogP contribution in [0.4, 0.5) is 0 Å². The maximum atomic E-state index is 6.04. The minimum atomic E-state index is 0.760. The molecule has 0 N–H and O–H groups in total. The topological polar surface area (TPSA) is 9.86 Å². The zero-order chi connectivity index (χ0) is 14.4. The van der Waals surface area contributed by atoms with Crippen molar-refractivity contribution in [1.82, 2.24) is 9.13 Å². The molecule has 0 spiro atoms. The first-order valence-electron chi connectivity index (χ1n) is 6.69. The smallest absolute Gasteiger partial charge is 0.0988 e. The molecule has 0 saturated heterocycles. The monoisotopic (exact) mass is 314 g/mol. The summed E-state index contributed by atoms with van der Waals surface area (Å²) in [7, 11) is 0. The molecule has 2 aromatic carbocycles. The highest BCUT2D eigenvalue weighted by atomic mass is 35.5. The van der Waals surface area contributed by atoms with E-state index in [1.54, 1.807) is 0 Å². The van der Waals surface area contributed by atoms with Crippen molar-refractivity contribution in [2.75, 3.05) is 0 Å². The zero-order valence-electron chi connectivity index (χ0n) is 11.1. The van der Waals surface area contributed by atoms with Gasteiger partial charge in [0.25, 0.3) is 0 Å². The van der Waals surface area contributed by atoms with E-state index < -0.39 is 0 Å². The van der Waals surface area contributed by atoms with Gasteiger partial charge in [0.1, 0.15) is 0 Å². The minimum Gasteiger partial charge on any atom is -0.329 e. The molecule has 0 atom stereocenters. The summed E-state index contributed by atoms with van der Waals surface area (Å²) >= 11 is 12.1. The van der Waals surface area contributed by atoms with Gasteiger partial charge in [0.05, 0.1) is 6.67 Å². The van der Waals surface area contributed by atoms with Crippen LogP contribution in [0.1, 0.15) is 0 Å². The summed E-state index contributed by atoms with van der Waals surface area (Å²) in [4.78, 5) is 0. The molecular formula is C17H12Cl2N2. The number of aromatic nitrogens is 2. The summed E-state index contributed by atoms with van der Waals surface area (Å²) in [6.07, 6.45) is 4.17. The summed E-state index contributed by atoms with van der Waals surface area (Å²) in [5, 5.41) is 3.84. The van der Waals surface area contributed by atoms with Gasteiger partial charge in [0.2, 0.25) is 0 Å². The van der Waals surface area contributed by atoms with Gasteiger partial charge in [0.15, 0.2) is 0 Å². The molecule has 0 bridgehead atoms. The Morgan fingerprint density at radius 1 is 0.667 bits per heavy atom. The standard InChI is InChI=1S/C17H12Cl2N2/c18-14-1-3-16-12(9-14)5-7-20(16)11-21-8-6-13-10-15(19)2-4-17(13)21/h1-10H,11H2. The predicted molar refractivity (Wildman–Crippen MR) is 89.3 cm³/mol. The second-order valence-electron chi connectivity index (χ2n) is 5.12. The van der Waals surface area contributed by atoms with Crippen molar-refractivity contribution in [1.29, 1.82) is 0 Å². The fourth-order valence-electron chi connectivity index (χ4n) is 2.75. The van der Waals surface area contributed by atoms with Gasteiger partial charge in [-0.25, -0.2) is 0 Å². The fourth-order valence-corrected chi connectivity index (χ4v) is 3.11. The first kappa shape index (κ1) is 12.8.